The van der Waals surface area contributed by atoms with Gasteiger partial charge in [0.05, 0.1) is 16.5 Å². The summed E-state index contributed by atoms with van der Waals surface area (Å²) in [6, 6.07) is 190. The van der Waals surface area contributed by atoms with E-state index >= 15 is 0 Å². The molecule has 0 saturated carbocycles. The lowest BCUT2D eigenvalue weighted by Crippen LogP contribution is -2.33. The molecule has 0 amide bonds. The van der Waals surface area contributed by atoms with Gasteiger partial charge in [0.1, 0.15) is 34.2 Å². The van der Waals surface area contributed by atoms with Crippen molar-refractivity contribution in [2.24, 2.45) is 0 Å². The van der Waals surface area contributed by atoms with E-state index in [-0.39, 0.29) is 0 Å². The van der Waals surface area contributed by atoms with Crippen molar-refractivity contribution in [3.8, 4) is 101 Å². The van der Waals surface area contributed by atoms with Crippen molar-refractivity contribution in [2.75, 3.05) is 9.80 Å². The Bertz CT molecular complexity index is 10500. The lowest BCUT2D eigenvalue weighted by Gasteiger charge is -2.42. The van der Waals surface area contributed by atoms with E-state index < -0.39 is 10.8 Å². The number of ether oxygens (including phenoxy) is 2. The average molecular weight is 1900 g/mol. The molecule has 0 N–H and O–H groups in total. The highest BCUT2D eigenvalue weighted by atomic mass is 32.1. The van der Waals surface area contributed by atoms with Crippen molar-refractivity contribution in [2.45, 2.75) is 10.8 Å². The van der Waals surface area contributed by atoms with Gasteiger partial charge in [0.25, 0.3) is 0 Å². The second-order valence-corrected chi connectivity index (χ2v) is 41.1. The predicted molar refractivity (Wildman–Crippen MR) is 618 cm³/mol. The molecule has 2 aromatic heterocycles. The number of hydrogen-bond donors (Lipinski definition) is 0. The van der Waals surface area contributed by atoms with Gasteiger partial charge >= 0.3 is 0 Å². The van der Waals surface area contributed by atoms with E-state index in [1.54, 1.807) is 0 Å². The van der Waals surface area contributed by atoms with E-state index in [1.807, 2.05) is 11.3 Å². The molecule has 4 heterocycles. The van der Waals surface area contributed by atoms with Gasteiger partial charge in [0, 0.05) is 115 Å². The van der Waals surface area contributed by atoms with Crippen molar-refractivity contribution >= 4 is 174 Å². The van der Waals surface area contributed by atoms with Crippen molar-refractivity contribution in [3.63, 3.8) is 0 Å². The normalized spacial score (nSPS) is 13.9. The summed E-state index contributed by atoms with van der Waals surface area (Å²) < 4.78 is 25.4. The van der Waals surface area contributed by atoms with Crippen LogP contribution in [0.15, 0.2) is 514 Å². The maximum Gasteiger partial charge on any atom is 0.140 e. The lowest BCUT2D eigenvalue weighted by atomic mass is 9.63. The van der Waals surface area contributed by atoms with E-state index in [0.717, 1.165) is 216 Å². The van der Waals surface area contributed by atoms with Gasteiger partial charge in [-0.1, -0.05) is 413 Å². The number of hydrogen-bond acceptors (Lipinski definition) is 6. The summed E-state index contributed by atoms with van der Waals surface area (Å²) >= 11 is 1.85. The molecule has 28 aromatic rings. The van der Waals surface area contributed by atoms with Gasteiger partial charge in [-0.3, -0.25) is 0 Å². The number of furan rings is 1. The number of nitrogens with zero attached hydrogens (tertiary/aromatic N) is 2. The SMILES string of the molecule is c1ccc(-c2cccc(N(c3ccc(-c4ccc5c(c4)-c4ccccc4C54c5c(c6ccccc6c6ccccc56)Oc5c4c4ccccc4c4ccc(-c6ccc(-c7cccc(N(c8ccc9c(c8)oc8ccccc89)c8ccccc8-c8cccc9c8-c8ccccc8C98c9c(c%10ccccc%10c%10ccccc9%10)Oc9c8c8ccccc8c8ccccc98)c7)cc6)cc54)cc3)c3ccc4c(c3)sc3ccccc34)c2)cc1. The minimum absolute atomic E-state index is 0.812. The van der Waals surface area contributed by atoms with Crippen LogP contribution in [0.4, 0.5) is 34.1 Å². The average Bonchev–Trinajstić information content (AvgIpc) is 1.47. The number of thiophene rings is 1. The van der Waals surface area contributed by atoms with Crippen LogP contribution in [0.5, 0.6) is 23.0 Å². The highest BCUT2D eigenvalue weighted by Crippen LogP contribution is 2.71. The zero-order valence-electron chi connectivity index (χ0n) is 80.0. The summed E-state index contributed by atoms with van der Waals surface area (Å²) in [5, 5.41) is 23.0. The fraction of sp³-hybridized carbons (Fsp3) is 0.0141. The Labute approximate surface area is 856 Å². The number of rotatable bonds is 11. The summed E-state index contributed by atoms with van der Waals surface area (Å²) in [5.74, 6) is 3.51. The summed E-state index contributed by atoms with van der Waals surface area (Å²) in [7, 11) is 0. The Hall–Kier alpha value is -19.0. The number of anilines is 6. The Morgan fingerprint density at radius 2 is 0.514 bits per heavy atom. The van der Waals surface area contributed by atoms with E-state index in [2.05, 4.69) is 519 Å². The molecule has 1 unspecified atom stereocenters. The van der Waals surface area contributed by atoms with E-state index in [4.69, 9.17) is 13.9 Å². The first-order valence-electron chi connectivity index (χ1n) is 51.0. The van der Waals surface area contributed by atoms with Crippen LogP contribution in [0.1, 0.15) is 44.5 Å². The van der Waals surface area contributed by atoms with Crippen LogP contribution in [-0.4, -0.2) is 0 Å². The van der Waals surface area contributed by atoms with Gasteiger partial charge in [-0.15, -0.1) is 11.3 Å². The van der Waals surface area contributed by atoms with E-state index in [9.17, 15) is 0 Å². The second-order valence-electron chi connectivity index (χ2n) is 40.0. The highest BCUT2D eigenvalue weighted by molar-refractivity contribution is 7.25. The molecule has 2 aliphatic heterocycles. The summed E-state index contributed by atoms with van der Waals surface area (Å²) in [5.41, 5.74) is 31.5. The number of benzene rings is 26. The summed E-state index contributed by atoms with van der Waals surface area (Å²) in [6.07, 6.45) is 0. The van der Waals surface area contributed by atoms with Crippen LogP contribution >= 0.6 is 11.3 Å². The lowest BCUT2D eigenvalue weighted by molar-refractivity contribution is 0.451. The second kappa shape index (κ2) is 31.8. The van der Waals surface area contributed by atoms with Crippen LogP contribution in [0.3, 0.4) is 0 Å². The van der Waals surface area contributed by atoms with Gasteiger partial charge in [-0.2, -0.15) is 0 Å². The van der Waals surface area contributed by atoms with E-state index in [1.165, 1.54) is 91.8 Å². The van der Waals surface area contributed by atoms with Crippen LogP contribution in [0.2, 0.25) is 0 Å². The fourth-order valence-electron chi connectivity index (χ4n) is 26.5. The zero-order valence-corrected chi connectivity index (χ0v) is 80.8. The third-order valence-corrected chi connectivity index (χ3v) is 33.8. The Balaban J connectivity index is 0.540. The maximum atomic E-state index is 8.13. The minimum Gasteiger partial charge on any atom is -0.456 e. The molecule has 0 fully saturated rings. The molecule has 4 aliphatic rings. The largest absolute Gasteiger partial charge is 0.456 e. The Kier molecular flexibility index (Phi) is 17.7. The first-order chi connectivity index (χ1) is 73.4. The van der Waals surface area contributed by atoms with Gasteiger partial charge in [-0.25, -0.2) is 0 Å². The zero-order chi connectivity index (χ0) is 96.7. The van der Waals surface area contributed by atoms with Crippen molar-refractivity contribution in [3.05, 3.63) is 554 Å². The van der Waals surface area contributed by atoms with Gasteiger partial charge in [0.2, 0.25) is 0 Å². The standard InChI is InChI=1S/C142H84N2O3S/c1-2-31-85(32-3-1)89-33-28-35-94(79-89)143(97-74-77-111-110-47-22-27-62-130(110)148-131(111)84-97)93-71-67-88(68-72-93)92-70-78-125-121(81-92)106-44-18-23-57-123(106)141(125)133-113-48-11-4-37-98(113)102-41-8-15-52-117(102)137(133)147-140-122-82-91(69-75-105(122)101-40-7-14-51-116(101)136(140)141)87-65-63-86(64-66-87)90-34-29-36-95(80-90)144(96-73-76-109-108-46-21-26-61-128(108)145-129(109)83-96)127-60-25-20-45-107(127)112-56-30-59-126-132(112)120-55-19-24-58-124(120)142(126)134-114-49-12-5-38-99(114)103-42-9-16-53-118(103)138(134)146-139-119-54-17-10-43-104(119)100-39-6-13-50-115(100)135(139)142/h1-84H. The summed E-state index contributed by atoms with van der Waals surface area (Å²) in [6.45, 7) is 0. The third-order valence-electron chi connectivity index (χ3n) is 32.7. The molecule has 0 bridgehead atoms. The molecule has 6 heteroatoms. The van der Waals surface area contributed by atoms with Gasteiger partial charge in [-0.05, 0) is 250 Å². The van der Waals surface area contributed by atoms with Crippen molar-refractivity contribution in [1.82, 2.24) is 0 Å². The third kappa shape index (κ3) is 11.7. The molecule has 26 aromatic carbocycles. The first kappa shape index (κ1) is 82.6. The van der Waals surface area contributed by atoms with Crippen LogP contribution in [0, 0.1) is 0 Å². The molecule has 148 heavy (non-hydrogen) atoms. The minimum atomic E-state index is -0.884. The molecular weight excluding hydrogens is 1810 g/mol. The molecule has 32 rings (SSSR count). The molecule has 0 radical (unpaired) electrons. The molecule has 2 aliphatic carbocycles. The van der Waals surface area contributed by atoms with Crippen molar-refractivity contribution in [1.29, 1.82) is 0 Å². The van der Waals surface area contributed by atoms with Gasteiger partial charge in [0.15, 0.2) is 0 Å². The smallest absolute Gasteiger partial charge is 0.140 e. The molecule has 0 saturated heterocycles. The maximum absolute atomic E-state index is 8.13. The van der Waals surface area contributed by atoms with Crippen LogP contribution in [-0.2, 0) is 10.8 Å². The molecule has 2 spiro atoms. The van der Waals surface area contributed by atoms with Crippen LogP contribution < -0.4 is 19.3 Å². The molecule has 1 atom stereocenters. The topological polar surface area (TPSA) is 38.1 Å². The van der Waals surface area contributed by atoms with Crippen LogP contribution in [0.25, 0.3) is 206 Å². The quantitative estimate of drug-likeness (QED) is 0.121. The molecule has 686 valence electrons. The number of fused-ring (bicyclic) bond motifs is 44. The number of para-hydroxylation sites is 2. The van der Waals surface area contributed by atoms with Crippen molar-refractivity contribution < 1.29 is 13.9 Å². The monoisotopic (exact) mass is 1900 g/mol. The summed E-state index contributed by atoms with van der Waals surface area (Å²) in [4.78, 5) is 4.88. The van der Waals surface area contributed by atoms with Gasteiger partial charge < -0.3 is 23.7 Å². The first-order valence-corrected chi connectivity index (χ1v) is 51.9. The van der Waals surface area contributed by atoms with E-state index in [0.29, 0.717) is 0 Å². The predicted octanol–water partition coefficient (Wildman–Crippen LogP) is 39.4. The molecule has 5 nitrogen and oxygen atoms in total. The Morgan fingerprint density at radius 3 is 1.10 bits per heavy atom. The Morgan fingerprint density at radius 1 is 0.169 bits per heavy atom. The highest BCUT2D eigenvalue weighted by Gasteiger charge is 2.57. The molecular formula is C142H84N2O3S. The fourth-order valence-corrected chi connectivity index (χ4v) is 27.7.